The highest BCUT2D eigenvalue weighted by Crippen LogP contribution is 2.14. The molecule has 0 aliphatic carbocycles. The molecule has 1 atom stereocenters. The van der Waals surface area contributed by atoms with E-state index >= 15 is 0 Å². The van der Waals surface area contributed by atoms with Crippen molar-refractivity contribution in [3.63, 3.8) is 0 Å². The topological polar surface area (TPSA) is 41.6 Å². The second-order valence-electron chi connectivity index (χ2n) is 3.89. The number of halogens is 1. The van der Waals surface area contributed by atoms with E-state index in [0.717, 1.165) is 13.1 Å². The molecular formula is C10H18ClN3. The molecule has 1 aliphatic rings. The molecule has 1 heterocycles. The number of hydrogen-bond donors (Lipinski definition) is 1. The lowest BCUT2D eigenvalue weighted by Crippen LogP contribution is -2.43. The molecule has 0 amide bonds. The number of likely N-dealkylation sites (tertiary alicyclic amines) is 1. The van der Waals surface area contributed by atoms with E-state index in [1.807, 2.05) is 0 Å². The van der Waals surface area contributed by atoms with Gasteiger partial charge in [0.1, 0.15) is 0 Å². The largest absolute Gasteiger partial charge is 0.370 e. The molecule has 3 nitrogen and oxygen atoms in total. The lowest BCUT2D eigenvalue weighted by atomic mass is 10.0. The Bertz CT molecular complexity index is 238. The fraction of sp³-hybridized carbons (Fsp3) is 0.700. The van der Waals surface area contributed by atoms with Crippen LogP contribution in [0.3, 0.4) is 0 Å². The van der Waals surface area contributed by atoms with E-state index in [1.165, 1.54) is 12.8 Å². The average Bonchev–Trinajstić information content (AvgIpc) is 2.14. The quantitative estimate of drug-likeness (QED) is 0.564. The summed E-state index contributed by atoms with van der Waals surface area (Å²) in [5, 5.41) is 0.526. The van der Waals surface area contributed by atoms with Gasteiger partial charge in [-0.15, -0.1) is 0 Å². The minimum atomic E-state index is 0.415. The first-order valence-corrected chi connectivity index (χ1v) is 5.35. The molecule has 1 aliphatic heterocycles. The van der Waals surface area contributed by atoms with Crippen LogP contribution in [0.1, 0.15) is 19.8 Å². The van der Waals surface area contributed by atoms with E-state index in [-0.39, 0.29) is 0 Å². The molecular weight excluding hydrogens is 198 g/mol. The van der Waals surface area contributed by atoms with Gasteiger partial charge in [0, 0.05) is 18.1 Å². The zero-order valence-electron chi connectivity index (χ0n) is 8.67. The third-order valence-electron chi connectivity index (χ3n) is 2.39. The molecule has 1 unspecified atom stereocenters. The zero-order chi connectivity index (χ0) is 10.6. The first kappa shape index (κ1) is 11.4. The highest BCUT2D eigenvalue weighted by atomic mass is 35.5. The lowest BCUT2D eigenvalue weighted by molar-refractivity contribution is 0.270. The molecule has 80 valence electrons. The Morgan fingerprint density at radius 1 is 1.71 bits per heavy atom. The number of piperidine rings is 1. The molecule has 1 rings (SSSR count). The molecule has 0 aromatic rings. The minimum Gasteiger partial charge on any atom is -0.370 e. The van der Waals surface area contributed by atoms with Crippen LogP contribution in [0.4, 0.5) is 0 Å². The van der Waals surface area contributed by atoms with E-state index in [9.17, 15) is 0 Å². The van der Waals surface area contributed by atoms with Crippen molar-refractivity contribution in [3.05, 3.63) is 11.6 Å². The molecule has 0 aromatic carbocycles. The molecule has 4 heteroatoms. The molecule has 1 saturated heterocycles. The van der Waals surface area contributed by atoms with Crippen LogP contribution in [0.2, 0.25) is 0 Å². The maximum absolute atomic E-state index is 5.84. The van der Waals surface area contributed by atoms with Crippen LogP contribution >= 0.6 is 11.6 Å². The van der Waals surface area contributed by atoms with E-state index in [1.54, 1.807) is 0 Å². The van der Waals surface area contributed by atoms with Crippen molar-refractivity contribution in [2.75, 3.05) is 19.6 Å². The smallest absolute Gasteiger partial charge is 0.191 e. The van der Waals surface area contributed by atoms with Crippen molar-refractivity contribution in [2.45, 2.75) is 19.8 Å². The van der Waals surface area contributed by atoms with Gasteiger partial charge in [-0.1, -0.05) is 25.1 Å². The summed E-state index contributed by atoms with van der Waals surface area (Å²) in [5.41, 5.74) is 5.84. The maximum Gasteiger partial charge on any atom is 0.191 e. The van der Waals surface area contributed by atoms with Gasteiger partial charge < -0.3 is 10.6 Å². The SMILES string of the molecule is C=C(Cl)CN=C(N)N1CCCC(C)C1. The van der Waals surface area contributed by atoms with Gasteiger partial charge in [0.05, 0.1) is 6.54 Å². The molecule has 1 fully saturated rings. The Balaban J connectivity index is 2.46. The Labute approximate surface area is 90.6 Å². The summed E-state index contributed by atoms with van der Waals surface area (Å²) in [4.78, 5) is 6.29. The third-order valence-corrected chi connectivity index (χ3v) is 2.51. The van der Waals surface area contributed by atoms with Gasteiger partial charge in [0.25, 0.3) is 0 Å². The molecule has 0 bridgehead atoms. The van der Waals surface area contributed by atoms with Crippen molar-refractivity contribution in [1.82, 2.24) is 4.90 Å². The Morgan fingerprint density at radius 3 is 3.00 bits per heavy atom. The number of hydrogen-bond acceptors (Lipinski definition) is 1. The third kappa shape index (κ3) is 3.58. The summed E-state index contributed by atoms with van der Waals surface area (Å²) in [7, 11) is 0. The summed E-state index contributed by atoms with van der Waals surface area (Å²) in [6.45, 7) is 8.23. The Morgan fingerprint density at radius 2 is 2.43 bits per heavy atom. The van der Waals surface area contributed by atoms with Crippen LogP contribution in [0.5, 0.6) is 0 Å². The van der Waals surface area contributed by atoms with Crippen LogP contribution < -0.4 is 5.73 Å². The zero-order valence-corrected chi connectivity index (χ0v) is 9.43. The normalized spacial score (nSPS) is 23.7. The molecule has 0 radical (unpaired) electrons. The minimum absolute atomic E-state index is 0.415. The first-order chi connectivity index (χ1) is 6.59. The van der Waals surface area contributed by atoms with E-state index < -0.39 is 0 Å². The Hall–Kier alpha value is -0.700. The van der Waals surface area contributed by atoms with E-state index in [0.29, 0.717) is 23.5 Å². The summed E-state index contributed by atoms with van der Waals surface area (Å²) >= 11 is 5.61. The fourth-order valence-electron chi connectivity index (χ4n) is 1.66. The number of rotatable bonds is 2. The van der Waals surface area contributed by atoms with Gasteiger partial charge in [-0.2, -0.15) is 0 Å². The molecule has 0 spiro atoms. The van der Waals surface area contributed by atoms with Crippen LogP contribution in [0, 0.1) is 5.92 Å². The summed E-state index contributed by atoms with van der Waals surface area (Å²) in [5.74, 6) is 1.30. The van der Waals surface area contributed by atoms with Crippen LogP contribution in [0.15, 0.2) is 16.6 Å². The molecule has 0 aromatic heterocycles. The highest BCUT2D eigenvalue weighted by molar-refractivity contribution is 6.29. The van der Waals surface area contributed by atoms with Crippen molar-refractivity contribution < 1.29 is 0 Å². The van der Waals surface area contributed by atoms with Crippen LogP contribution in [0.25, 0.3) is 0 Å². The van der Waals surface area contributed by atoms with Gasteiger partial charge in [0.2, 0.25) is 0 Å². The van der Waals surface area contributed by atoms with Gasteiger partial charge in [-0.05, 0) is 18.8 Å². The second-order valence-corrected chi connectivity index (χ2v) is 4.42. The number of guanidine groups is 1. The van der Waals surface area contributed by atoms with Crippen molar-refractivity contribution in [3.8, 4) is 0 Å². The van der Waals surface area contributed by atoms with Crippen LogP contribution in [-0.4, -0.2) is 30.5 Å². The van der Waals surface area contributed by atoms with Gasteiger partial charge in [-0.3, -0.25) is 0 Å². The van der Waals surface area contributed by atoms with E-state index in [2.05, 4.69) is 23.4 Å². The van der Waals surface area contributed by atoms with Crippen LogP contribution in [-0.2, 0) is 0 Å². The molecule has 2 N–H and O–H groups in total. The monoisotopic (exact) mass is 215 g/mol. The van der Waals surface area contributed by atoms with Crippen molar-refractivity contribution in [2.24, 2.45) is 16.6 Å². The Kier molecular flexibility index (Phi) is 4.26. The predicted molar refractivity (Wildman–Crippen MR) is 61.5 cm³/mol. The van der Waals surface area contributed by atoms with Gasteiger partial charge in [0.15, 0.2) is 5.96 Å². The van der Waals surface area contributed by atoms with Gasteiger partial charge >= 0.3 is 0 Å². The summed E-state index contributed by atoms with van der Waals surface area (Å²) < 4.78 is 0. The van der Waals surface area contributed by atoms with Crippen molar-refractivity contribution >= 4 is 17.6 Å². The van der Waals surface area contributed by atoms with E-state index in [4.69, 9.17) is 17.3 Å². The maximum atomic E-state index is 5.84. The predicted octanol–water partition coefficient (Wildman–Crippen LogP) is 1.79. The standard InChI is InChI=1S/C10H18ClN3/c1-8-4-3-5-14(7-8)10(12)13-6-9(2)11/h8H,2-7H2,1H3,(H2,12,13). The highest BCUT2D eigenvalue weighted by Gasteiger charge is 2.17. The second kappa shape index (κ2) is 5.25. The molecule has 0 saturated carbocycles. The lowest BCUT2D eigenvalue weighted by Gasteiger charge is -2.31. The number of nitrogens with two attached hydrogens (primary N) is 1. The van der Waals surface area contributed by atoms with Gasteiger partial charge in [-0.25, -0.2) is 4.99 Å². The fourth-order valence-corrected chi connectivity index (χ4v) is 1.72. The average molecular weight is 216 g/mol. The first-order valence-electron chi connectivity index (χ1n) is 4.97. The number of aliphatic imine (C=N–C) groups is 1. The molecule has 14 heavy (non-hydrogen) atoms. The number of nitrogens with zero attached hydrogens (tertiary/aromatic N) is 2. The summed E-state index contributed by atoms with van der Waals surface area (Å²) in [6.07, 6.45) is 2.48. The summed E-state index contributed by atoms with van der Waals surface area (Å²) in [6, 6.07) is 0. The van der Waals surface area contributed by atoms with Crippen molar-refractivity contribution in [1.29, 1.82) is 0 Å².